The van der Waals surface area contributed by atoms with E-state index in [9.17, 15) is 14.4 Å². The molecule has 128 valence electrons. The summed E-state index contributed by atoms with van der Waals surface area (Å²) in [6, 6.07) is -0.215. The van der Waals surface area contributed by atoms with Gasteiger partial charge in [-0.1, -0.05) is 6.08 Å². The number of hydrogen-bond acceptors (Lipinski definition) is 5. The Morgan fingerprint density at radius 2 is 2.13 bits per heavy atom. The summed E-state index contributed by atoms with van der Waals surface area (Å²) in [5.74, 6) is 0.215. The van der Waals surface area contributed by atoms with Gasteiger partial charge < -0.3 is 15.5 Å². The molecule has 0 spiro atoms. The van der Waals surface area contributed by atoms with Crippen molar-refractivity contribution in [1.82, 2.24) is 20.9 Å². The van der Waals surface area contributed by atoms with Crippen LogP contribution in [0.3, 0.4) is 0 Å². The number of rotatable bonds is 7. The van der Waals surface area contributed by atoms with Gasteiger partial charge in [0.25, 0.3) is 0 Å². The van der Waals surface area contributed by atoms with E-state index in [1.165, 1.54) is 11.8 Å². The van der Waals surface area contributed by atoms with Crippen molar-refractivity contribution >= 4 is 29.5 Å². The standard InChI is InChI=1S/C15H24N4O3S/c1-2-5-16-12(20)8-11-9-13(21)18-15(17-11)23-10-14(22)19-6-3-4-7-19/h2,11,15,17H,1,3-10H2,(H,16,20)(H,18,21). The SMILES string of the molecule is C=CCNC(=O)CC1CC(=O)NC(SCC(=O)N2CCCC2)N1. The van der Waals surface area contributed by atoms with Gasteiger partial charge in [-0.25, -0.2) is 0 Å². The highest BCUT2D eigenvalue weighted by atomic mass is 32.2. The van der Waals surface area contributed by atoms with Crippen LogP contribution in [0.5, 0.6) is 0 Å². The second-order valence-electron chi connectivity index (χ2n) is 5.71. The number of likely N-dealkylation sites (tertiary alicyclic amines) is 1. The van der Waals surface area contributed by atoms with Crippen LogP contribution in [-0.4, -0.2) is 59.5 Å². The molecular formula is C15H24N4O3S. The third-order valence-electron chi connectivity index (χ3n) is 3.82. The number of carbonyl (C=O) groups is 3. The maximum atomic E-state index is 12.0. The van der Waals surface area contributed by atoms with E-state index >= 15 is 0 Å². The fourth-order valence-corrected chi connectivity index (χ4v) is 3.65. The van der Waals surface area contributed by atoms with Gasteiger partial charge in [-0.3, -0.25) is 19.7 Å². The number of hydrogen-bond donors (Lipinski definition) is 3. The van der Waals surface area contributed by atoms with Crippen molar-refractivity contribution in [1.29, 1.82) is 0 Å². The normalized spacial score (nSPS) is 24.2. The summed E-state index contributed by atoms with van der Waals surface area (Å²) in [6.45, 7) is 5.62. The molecular weight excluding hydrogens is 316 g/mol. The average Bonchev–Trinajstić information content (AvgIpc) is 3.04. The minimum Gasteiger partial charge on any atom is -0.353 e. The summed E-state index contributed by atoms with van der Waals surface area (Å²) in [5.41, 5.74) is -0.333. The van der Waals surface area contributed by atoms with E-state index in [1.807, 2.05) is 4.90 Å². The van der Waals surface area contributed by atoms with Crippen molar-refractivity contribution in [2.24, 2.45) is 0 Å². The molecule has 2 heterocycles. The first-order valence-electron chi connectivity index (χ1n) is 7.91. The fourth-order valence-electron chi connectivity index (χ4n) is 2.66. The predicted octanol–water partition coefficient (Wildman–Crippen LogP) is -0.204. The largest absolute Gasteiger partial charge is 0.353 e. The highest BCUT2D eigenvalue weighted by Gasteiger charge is 2.28. The Labute approximate surface area is 140 Å². The molecule has 2 atom stereocenters. The van der Waals surface area contributed by atoms with Gasteiger partial charge in [0, 0.05) is 38.5 Å². The van der Waals surface area contributed by atoms with Gasteiger partial charge in [0.1, 0.15) is 5.50 Å². The third kappa shape index (κ3) is 5.87. The van der Waals surface area contributed by atoms with Crippen LogP contribution in [0.2, 0.25) is 0 Å². The van der Waals surface area contributed by atoms with Crippen LogP contribution in [0.15, 0.2) is 12.7 Å². The molecule has 0 aliphatic carbocycles. The molecule has 0 aromatic carbocycles. The molecule has 23 heavy (non-hydrogen) atoms. The monoisotopic (exact) mass is 340 g/mol. The summed E-state index contributed by atoms with van der Waals surface area (Å²) in [7, 11) is 0. The first kappa shape index (κ1) is 17.8. The lowest BCUT2D eigenvalue weighted by Crippen LogP contribution is -2.56. The van der Waals surface area contributed by atoms with Crippen LogP contribution in [-0.2, 0) is 14.4 Å². The summed E-state index contributed by atoms with van der Waals surface area (Å²) in [6.07, 6.45) is 4.24. The molecule has 3 N–H and O–H groups in total. The van der Waals surface area contributed by atoms with Crippen molar-refractivity contribution in [3.05, 3.63) is 12.7 Å². The molecule has 7 nitrogen and oxygen atoms in total. The van der Waals surface area contributed by atoms with Crippen molar-refractivity contribution in [3.63, 3.8) is 0 Å². The van der Waals surface area contributed by atoms with Crippen molar-refractivity contribution in [2.45, 2.75) is 37.2 Å². The smallest absolute Gasteiger partial charge is 0.232 e. The van der Waals surface area contributed by atoms with Gasteiger partial charge >= 0.3 is 0 Å². The topological polar surface area (TPSA) is 90.5 Å². The third-order valence-corrected chi connectivity index (χ3v) is 4.82. The molecule has 2 unspecified atom stereocenters. The van der Waals surface area contributed by atoms with Crippen LogP contribution in [0, 0.1) is 0 Å². The van der Waals surface area contributed by atoms with E-state index in [2.05, 4.69) is 22.5 Å². The second kappa shape index (κ2) is 8.93. The number of thioether (sulfide) groups is 1. The first-order valence-corrected chi connectivity index (χ1v) is 8.95. The van der Waals surface area contributed by atoms with Crippen molar-refractivity contribution in [3.8, 4) is 0 Å². The second-order valence-corrected chi connectivity index (χ2v) is 6.80. The fraction of sp³-hybridized carbons (Fsp3) is 0.667. The molecule has 0 aromatic heterocycles. The van der Waals surface area contributed by atoms with Crippen LogP contribution >= 0.6 is 11.8 Å². The molecule has 2 aliphatic heterocycles. The lowest BCUT2D eigenvalue weighted by Gasteiger charge is -2.31. The summed E-state index contributed by atoms with van der Waals surface area (Å²) >= 11 is 1.36. The van der Waals surface area contributed by atoms with Crippen molar-refractivity contribution in [2.75, 3.05) is 25.4 Å². The Kier molecular flexibility index (Phi) is 6.91. The summed E-state index contributed by atoms with van der Waals surface area (Å²) < 4.78 is 0. The van der Waals surface area contributed by atoms with Gasteiger partial charge in [0.05, 0.1) is 5.75 Å². The van der Waals surface area contributed by atoms with Crippen molar-refractivity contribution < 1.29 is 14.4 Å². The molecule has 3 amide bonds. The lowest BCUT2D eigenvalue weighted by molar-refractivity contribution is -0.128. The van der Waals surface area contributed by atoms with Gasteiger partial charge in [0.2, 0.25) is 17.7 Å². The Morgan fingerprint density at radius 1 is 1.39 bits per heavy atom. The maximum absolute atomic E-state index is 12.0. The Hall–Kier alpha value is -1.54. The van der Waals surface area contributed by atoms with Gasteiger partial charge in [-0.05, 0) is 12.8 Å². The molecule has 2 rings (SSSR count). The summed E-state index contributed by atoms with van der Waals surface area (Å²) in [4.78, 5) is 37.4. The molecule has 2 aliphatic rings. The zero-order valence-corrected chi connectivity index (χ0v) is 14.0. The summed E-state index contributed by atoms with van der Waals surface area (Å²) in [5, 5.41) is 8.71. The maximum Gasteiger partial charge on any atom is 0.232 e. The molecule has 2 saturated heterocycles. The van der Waals surface area contributed by atoms with E-state index in [0.29, 0.717) is 12.3 Å². The molecule has 8 heteroatoms. The van der Waals surface area contributed by atoms with Crippen LogP contribution < -0.4 is 16.0 Å². The van der Waals surface area contributed by atoms with Gasteiger partial charge in [-0.15, -0.1) is 18.3 Å². The molecule has 0 radical (unpaired) electrons. The van der Waals surface area contributed by atoms with E-state index in [0.717, 1.165) is 25.9 Å². The molecule has 0 aromatic rings. The minimum atomic E-state index is -0.333. The average molecular weight is 340 g/mol. The number of nitrogens with zero attached hydrogens (tertiary/aromatic N) is 1. The lowest BCUT2D eigenvalue weighted by atomic mass is 10.1. The van der Waals surface area contributed by atoms with E-state index in [1.54, 1.807) is 6.08 Å². The molecule has 0 saturated carbocycles. The number of amides is 3. The van der Waals surface area contributed by atoms with Crippen LogP contribution in [0.1, 0.15) is 25.7 Å². The van der Waals surface area contributed by atoms with E-state index in [-0.39, 0.29) is 42.1 Å². The number of carbonyl (C=O) groups excluding carboxylic acids is 3. The van der Waals surface area contributed by atoms with E-state index in [4.69, 9.17) is 0 Å². The Morgan fingerprint density at radius 3 is 2.83 bits per heavy atom. The number of nitrogens with one attached hydrogen (secondary N) is 3. The zero-order valence-electron chi connectivity index (χ0n) is 13.2. The highest BCUT2D eigenvalue weighted by Crippen LogP contribution is 2.16. The Balaban J connectivity index is 1.75. The minimum absolute atomic E-state index is 0.101. The predicted molar refractivity (Wildman–Crippen MR) is 89.6 cm³/mol. The van der Waals surface area contributed by atoms with Crippen LogP contribution in [0.4, 0.5) is 0 Å². The van der Waals surface area contributed by atoms with E-state index < -0.39 is 0 Å². The quantitative estimate of drug-likeness (QED) is 0.558. The Bertz CT molecular complexity index is 466. The molecule has 2 fully saturated rings. The first-order chi connectivity index (χ1) is 11.1. The molecule has 0 bridgehead atoms. The van der Waals surface area contributed by atoms with Gasteiger partial charge in [-0.2, -0.15) is 0 Å². The van der Waals surface area contributed by atoms with Crippen LogP contribution in [0.25, 0.3) is 0 Å². The highest BCUT2D eigenvalue weighted by molar-refractivity contribution is 8.00. The zero-order chi connectivity index (χ0) is 16.7. The van der Waals surface area contributed by atoms with Gasteiger partial charge in [0.15, 0.2) is 0 Å².